The highest BCUT2D eigenvalue weighted by atomic mass is 16.2. The number of carbonyl (C=O) groups is 2. The summed E-state index contributed by atoms with van der Waals surface area (Å²) in [7, 11) is 0. The van der Waals surface area contributed by atoms with E-state index in [9.17, 15) is 9.59 Å². The molecule has 1 atom stereocenters. The summed E-state index contributed by atoms with van der Waals surface area (Å²) in [6.45, 7) is 2.19. The van der Waals surface area contributed by atoms with Crippen molar-refractivity contribution in [3.05, 3.63) is 71.1 Å². The third-order valence-corrected chi connectivity index (χ3v) is 6.51. The Hall–Kier alpha value is -3.98. The Morgan fingerprint density at radius 3 is 2.97 bits per heavy atom. The Morgan fingerprint density at radius 1 is 1.18 bits per heavy atom. The molecule has 0 bridgehead atoms. The number of hydrogen-bond acceptors (Lipinski definition) is 6. The number of fused-ring (bicyclic) bond motifs is 3. The number of benzene rings is 1. The third-order valence-electron chi connectivity index (χ3n) is 6.51. The fourth-order valence-electron chi connectivity index (χ4n) is 4.82. The van der Waals surface area contributed by atoms with Crippen molar-refractivity contribution in [1.82, 2.24) is 29.7 Å². The first-order valence-electron chi connectivity index (χ1n) is 11.0. The fraction of sp³-hybridized carbons (Fsp3) is 0.250. The quantitative estimate of drug-likeness (QED) is 0.599. The maximum Gasteiger partial charge on any atom is 0.324 e. The number of imide groups is 1. The average Bonchev–Trinajstić information content (AvgIpc) is 3.26. The molecule has 0 radical (unpaired) electrons. The van der Waals surface area contributed by atoms with Gasteiger partial charge in [-0.3, -0.25) is 15.0 Å². The Bertz CT molecular complexity index is 1360. The summed E-state index contributed by atoms with van der Waals surface area (Å²) in [5, 5.41) is 6.86. The fourth-order valence-corrected chi connectivity index (χ4v) is 4.82. The first-order chi connectivity index (χ1) is 16.1. The van der Waals surface area contributed by atoms with Crippen molar-refractivity contribution in [1.29, 1.82) is 0 Å². The molecule has 2 aromatic heterocycles. The third kappa shape index (κ3) is 3.37. The van der Waals surface area contributed by atoms with Crippen LogP contribution in [0.25, 0.3) is 17.3 Å². The van der Waals surface area contributed by atoms with E-state index in [-0.39, 0.29) is 11.9 Å². The van der Waals surface area contributed by atoms with Crippen LogP contribution in [0.3, 0.4) is 0 Å². The van der Waals surface area contributed by atoms with Gasteiger partial charge in [-0.2, -0.15) is 9.61 Å². The summed E-state index contributed by atoms with van der Waals surface area (Å²) in [5.41, 5.74) is 12.2. The Kier molecular flexibility index (Phi) is 4.51. The van der Waals surface area contributed by atoms with E-state index >= 15 is 0 Å². The molecular formula is C24H23N7O2. The minimum absolute atomic E-state index is 0.238. The van der Waals surface area contributed by atoms with Gasteiger partial charge in [0.25, 0.3) is 5.91 Å². The topological polar surface area (TPSA) is 109 Å². The predicted molar refractivity (Wildman–Crippen MR) is 124 cm³/mol. The van der Waals surface area contributed by atoms with Gasteiger partial charge >= 0.3 is 6.03 Å². The van der Waals surface area contributed by atoms with Crippen LogP contribution in [0.4, 0.5) is 10.6 Å². The average molecular weight is 441 g/mol. The second kappa shape index (κ2) is 7.56. The summed E-state index contributed by atoms with van der Waals surface area (Å²) in [6, 6.07) is 9.43. The maximum atomic E-state index is 12.1. The molecule has 2 saturated heterocycles. The molecule has 3 aromatic rings. The maximum absolute atomic E-state index is 12.1. The van der Waals surface area contributed by atoms with Crippen LogP contribution in [0.5, 0.6) is 0 Å². The van der Waals surface area contributed by atoms with Crippen molar-refractivity contribution in [3.8, 4) is 0 Å². The molecule has 33 heavy (non-hydrogen) atoms. The molecule has 166 valence electrons. The molecule has 3 N–H and O–H groups in total. The zero-order chi connectivity index (χ0) is 22.5. The lowest BCUT2D eigenvalue weighted by atomic mass is 10.0. The van der Waals surface area contributed by atoms with Gasteiger partial charge in [0.15, 0.2) is 5.65 Å². The van der Waals surface area contributed by atoms with Gasteiger partial charge in [0.05, 0.1) is 11.9 Å². The lowest BCUT2D eigenvalue weighted by Crippen LogP contribution is -2.52. The van der Waals surface area contributed by atoms with E-state index in [1.165, 1.54) is 11.1 Å². The lowest BCUT2D eigenvalue weighted by Gasteiger charge is -2.35. The summed E-state index contributed by atoms with van der Waals surface area (Å²) < 4.78 is 1.66. The van der Waals surface area contributed by atoms with Crippen molar-refractivity contribution in [2.45, 2.75) is 19.0 Å². The zero-order valence-corrected chi connectivity index (χ0v) is 17.9. The number of nitrogen functional groups attached to an aromatic ring is 1. The van der Waals surface area contributed by atoms with E-state index in [1.807, 2.05) is 12.1 Å². The highest BCUT2D eigenvalue weighted by molar-refractivity contribution is 6.04. The normalized spacial score (nSPS) is 20.4. The molecule has 2 aliphatic heterocycles. The minimum Gasteiger partial charge on any atom is -0.384 e. The molecule has 1 aliphatic carbocycles. The zero-order valence-electron chi connectivity index (χ0n) is 17.9. The van der Waals surface area contributed by atoms with Crippen LogP contribution in [-0.4, -0.2) is 62.0 Å². The summed E-state index contributed by atoms with van der Waals surface area (Å²) >= 11 is 0. The number of nitrogens with two attached hydrogens (primary N) is 1. The van der Waals surface area contributed by atoms with Gasteiger partial charge in [-0.25, -0.2) is 9.78 Å². The Morgan fingerprint density at radius 2 is 2.06 bits per heavy atom. The molecule has 1 unspecified atom stereocenters. The Balaban J connectivity index is 1.32. The van der Waals surface area contributed by atoms with Gasteiger partial charge in [0, 0.05) is 37.8 Å². The van der Waals surface area contributed by atoms with Gasteiger partial charge in [-0.05, 0) is 29.2 Å². The number of aromatic nitrogens is 3. The molecule has 2 fully saturated rings. The molecule has 9 nitrogen and oxygen atoms in total. The number of piperazine rings is 1. The number of nitrogens with one attached hydrogen (secondary N) is 1. The van der Waals surface area contributed by atoms with Crippen molar-refractivity contribution >= 4 is 35.1 Å². The number of urea groups is 1. The summed E-state index contributed by atoms with van der Waals surface area (Å²) in [4.78, 5) is 32.6. The predicted octanol–water partition coefficient (Wildman–Crippen LogP) is 1.70. The van der Waals surface area contributed by atoms with E-state index < -0.39 is 6.04 Å². The second-order valence-electron chi connectivity index (χ2n) is 8.61. The number of allylic oxidation sites excluding steroid dienone is 3. The van der Waals surface area contributed by atoms with Crippen LogP contribution in [-0.2, 0) is 17.8 Å². The SMILES string of the molecule is Nc1cc(CN2CCN3C(=O)NC(=O)C3C2)nc2c(C3=Cc4ccccc4CC=C3)cnn12. The van der Waals surface area contributed by atoms with Crippen LogP contribution in [0, 0.1) is 0 Å². The molecule has 3 amide bonds. The van der Waals surface area contributed by atoms with Crippen LogP contribution in [0.2, 0.25) is 0 Å². The lowest BCUT2D eigenvalue weighted by molar-refractivity contribution is -0.122. The van der Waals surface area contributed by atoms with Crippen molar-refractivity contribution < 1.29 is 9.59 Å². The van der Waals surface area contributed by atoms with Crippen LogP contribution in [0.1, 0.15) is 22.4 Å². The molecule has 0 saturated carbocycles. The van der Waals surface area contributed by atoms with E-state index in [1.54, 1.807) is 15.6 Å². The monoisotopic (exact) mass is 441 g/mol. The van der Waals surface area contributed by atoms with Crippen molar-refractivity contribution in [2.75, 3.05) is 25.4 Å². The number of carbonyl (C=O) groups excluding carboxylic acids is 2. The summed E-state index contributed by atoms with van der Waals surface area (Å²) in [6.07, 6.45) is 9.10. The second-order valence-corrected chi connectivity index (χ2v) is 8.61. The van der Waals surface area contributed by atoms with Crippen LogP contribution >= 0.6 is 0 Å². The standard InChI is InChI=1S/C24H23N7O2/c25-21-11-18(13-29-8-9-30-20(14-29)23(32)28-24(30)33)27-22-19(12-26-31(21)22)17-7-3-6-15-4-1-2-5-16(15)10-17/h1-5,7,10-12,20H,6,8-9,13-14,25H2,(H,28,32,33). The smallest absolute Gasteiger partial charge is 0.324 e. The highest BCUT2D eigenvalue weighted by Crippen LogP contribution is 2.28. The van der Waals surface area contributed by atoms with Crippen molar-refractivity contribution in [3.63, 3.8) is 0 Å². The minimum atomic E-state index is -0.445. The molecule has 6 rings (SSSR count). The number of hydrogen-bond donors (Lipinski definition) is 2. The molecule has 3 aliphatic rings. The van der Waals surface area contributed by atoms with E-state index in [0.717, 1.165) is 23.3 Å². The van der Waals surface area contributed by atoms with E-state index in [4.69, 9.17) is 10.7 Å². The van der Waals surface area contributed by atoms with Crippen LogP contribution in [0.15, 0.2) is 48.7 Å². The first kappa shape index (κ1) is 19.7. The van der Waals surface area contributed by atoms with Gasteiger partial charge in [0.2, 0.25) is 0 Å². The number of rotatable bonds is 3. The van der Waals surface area contributed by atoms with Gasteiger partial charge < -0.3 is 10.6 Å². The molecular weight excluding hydrogens is 418 g/mol. The van der Waals surface area contributed by atoms with Gasteiger partial charge in [0.1, 0.15) is 11.9 Å². The number of amides is 3. The Labute approximate surface area is 190 Å². The largest absolute Gasteiger partial charge is 0.384 e. The van der Waals surface area contributed by atoms with E-state index in [0.29, 0.717) is 37.6 Å². The van der Waals surface area contributed by atoms with E-state index in [2.05, 4.69) is 51.7 Å². The summed E-state index contributed by atoms with van der Waals surface area (Å²) in [5.74, 6) is 0.269. The van der Waals surface area contributed by atoms with Gasteiger partial charge in [-0.15, -0.1) is 0 Å². The molecule has 4 heterocycles. The van der Waals surface area contributed by atoms with Gasteiger partial charge in [-0.1, -0.05) is 36.4 Å². The highest BCUT2D eigenvalue weighted by Gasteiger charge is 2.41. The number of anilines is 1. The first-order valence-corrected chi connectivity index (χ1v) is 11.0. The van der Waals surface area contributed by atoms with Crippen LogP contribution < -0.4 is 11.1 Å². The number of nitrogens with zero attached hydrogens (tertiary/aromatic N) is 5. The molecule has 9 heteroatoms. The molecule has 0 spiro atoms. The molecule has 1 aromatic carbocycles. The van der Waals surface area contributed by atoms with Crippen molar-refractivity contribution in [2.24, 2.45) is 0 Å².